The largest absolute Gasteiger partial charge is 0.378 e. The molecule has 1 aromatic rings. The van der Waals surface area contributed by atoms with E-state index in [-0.39, 0.29) is 0 Å². The predicted molar refractivity (Wildman–Crippen MR) is 65.9 cm³/mol. The van der Waals surface area contributed by atoms with Gasteiger partial charge in [0.05, 0.1) is 6.04 Å². The van der Waals surface area contributed by atoms with Gasteiger partial charge in [0.25, 0.3) is 0 Å². The van der Waals surface area contributed by atoms with Gasteiger partial charge in [-0.05, 0) is 42.3 Å². The van der Waals surface area contributed by atoms with Crippen molar-refractivity contribution in [2.24, 2.45) is 10.9 Å². The average molecular weight is 202 g/mol. The van der Waals surface area contributed by atoms with Gasteiger partial charge in [0.1, 0.15) is 0 Å². The SMILES string of the molecule is C=NC1c2cc(N(C)C)ccc2CC1C. The molecular formula is C13H18N2. The molecule has 0 radical (unpaired) electrons. The van der Waals surface area contributed by atoms with Crippen molar-refractivity contribution in [1.29, 1.82) is 0 Å². The summed E-state index contributed by atoms with van der Waals surface area (Å²) in [6.45, 7) is 5.95. The van der Waals surface area contributed by atoms with Crippen molar-refractivity contribution in [1.82, 2.24) is 0 Å². The fourth-order valence-corrected chi connectivity index (χ4v) is 2.37. The average Bonchev–Trinajstić information content (AvgIpc) is 2.51. The van der Waals surface area contributed by atoms with Crippen LogP contribution in [0.25, 0.3) is 0 Å². The van der Waals surface area contributed by atoms with Crippen LogP contribution in [-0.4, -0.2) is 20.8 Å². The fraction of sp³-hybridized carbons (Fsp3) is 0.462. The van der Waals surface area contributed by atoms with Crippen LogP contribution in [0.5, 0.6) is 0 Å². The van der Waals surface area contributed by atoms with Crippen LogP contribution in [0.1, 0.15) is 24.1 Å². The van der Waals surface area contributed by atoms with Gasteiger partial charge in [0.2, 0.25) is 0 Å². The molecule has 80 valence electrons. The van der Waals surface area contributed by atoms with Crippen molar-refractivity contribution in [3.05, 3.63) is 29.3 Å². The van der Waals surface area contributed by atoms with Crippen molar-refractivity contribution >= 4 is 12.4 Å². The normalized spacial score (nSPS) is 23.7. The van der Waals surface area contributed by atoms with E-state index < -0.39 is 0 Å². The Labute approximate surface area is 91.6 Å². The highest BCUT2D eigenvalue weighted by atomic mass is 15.1. The van der Waals surface area contributed by atoms with Crippen LogP contribution in [0.15, 0.2) is 23.2 Å². The van der Waals surface area contributed by atoms with Crippen molar-refractivity contribution in [3.63, 3.8) is 0 Å². The van der Waals surface area contributed by atoms with E-state index in [0.29, 0.717) is 12.0 Å². The van der Waals surface area contributed by atoms with Crippen LogP contribution in [-0.2, 0) is 6.42 Å². The highest BCUT2D eigenvalue weighted by Crippen LogP contribution is 2.39. The van der Waals surface area contributed by atoms with Crippen LogP contribution in [0.4, 0.5) is 5.69 Å². The zero-order valence-electron chi connectivity index (χ0n) is 9.70. The standard InChI is InChI=1S/C13H18N2/c1-9-7-10-5-6-11(15(3)4)8-12(10)13(9)14-2/h5-6,8-9,13H,2,7H2,1,3-4H3. The molecule has 1 aliphatic rings. The van der Waals surface area contributed by atoms with Crippen molar-refractivity contribution in [2.75, 3.05) is 19.0 Å². The monoisotopic (exact) mass is 202 g/mol. The van der Waals surface area contributed by atoms with E-state index in [2.05, 4.69) is 55.8 Å². The Balaban J connectivity index is 2.44. The first-order valence-electron chi connectivity index (χ1n) is 5.39. The second kappa shape index (κ2) is 3.69. The van der Waals surface area contributed by atoms with E-state index in [9.17, 15) is 0 Å². The smallest absolute Gasteiger partial charge is 0.0773 e. The lowest BCUT2D eigenvalue weighted by Gasteiger charge is -2.15. The molecule has 2 heteroatoms. The fourth-order valence-electron chi connectivity index (χ4n) is 2.37. The first-order valence-corrected chi connectivity index (χ1v) is 5.39. The molecule has 0 fully saturated rings. The maximum Gasteiger partial charge on any atom is 0.0773 e. The summed E-state index contributed by atoms with van der Waals surface area (Å²) in [5, 5.41) is 0. The second-order valence-corrected chi connectivity index (χ2v) is 4.59. The Hall–Kier alpha value is -1.31. The van der Waals surface area contributed by atoms with Crippen molar-refractivity contribution < 1.29 is 0 Å². The number of hydrogen-bond donors (Lipinski definition) is 0. The number of aliphatic imine (C=N–C) groups is 1. The lowest BCUT2D eigenvalue weighted by Crippen LogP contribution is -2.09. The molecule has 0 amide bonds. The molecule has 2 nitrogen and oxygen atoms in total. The van der Waals surface area contributed by atoms with Gasteiger partial charge in [-0.2, -0.15) is 0 Å². The number of fused-ring (bicyclic) bond motifs is 1. The third-order valence-corrected chi connectivity index (χ3v) is 3.24. The van der Waals surface area contributed by atoms with Gasteiger partial charge in [-0.1, -0.05) is 13.0 Å². The minimum absolute atomic E-state index is 0.292. The van der Waals surface area contributed by atoms with Crippen LogP contribution in [0, 0.1) is 5.92 Å². The minimum atomic E-state index is 0.292. The molecular weight excluding hydrogens is 184 g/mol. The van der Waals surface area contributed by atoms with Gasteiger partial charge in [-0.3, -0.25) is 4.99 Å². The Morgan fingerprint density at radius 2 is 2.13 bits per heavy atom. The Kier molecular flexibility index (Phi) is 2.51. The molecule has 0 bridgehead atoms. The van der Waals surface area contributed by atoms with Gasteiger partial charge < -0.3 is 4.90 Å². The number of hydrogen-bond acceptors (Lipinski definition) is 2. The third-order valence-electron chi connectivity index (χ3n) is 3.24. The summed E-state index contributed by atoms with van der Waals surface area (Å²) in [6.07, 6.45) is 1.13. The van der Waals surface area contributed by atoms with Gasteiger partial charge in [-0.15, -0.1) is 0 Å². The molecule has 0 heterocycles. The van der Waals surface area contributed by atoms with Crippen LogP contribution in [0.2, 0.25) is 0 Å². The molecule has 0 saturated heterocycles. The van der Waals surface area contributed by atoms with Crippen molar-refractivity contribution in [3.8, 4) is 0 Å². The highest BCUT2D eigenvalue weighted by molar-refractivity contribution is 5.53. The number of anilines is 1. The Morgan fingerprint density at radius 3 is 2.73 bits per heavy atom. The summed E-state index contributed by atoms with van der Waals surface area (Å²) < 4.78 is 0. The van der Waals surface area contributed by atoms with E-state index >= 15 is 0 Å². The summed E-state index contributed by atoms with van der Waals surface area (Å²) in [5.41, 5.74) is 4.05. The molecule has 2 unspecified atom stereocenters. The van der Waals surface area contributed by atoms with Gasteiger partial charge in [0.15, 0.2) is 0 Å². The van der Waals surface area contributed by atoms with Crippen LogP contribution in [0.3, 0.4) is 0 Å². The molecule has 2 atom stereocenters. The highest BCUT2D eigenvalue weighted by Gasteiger charge is 2.28. The summed E-state index contributed by atoms with van der Waals surface area (Å²) in [6, 6.07) is 6.95. The topological polar surface area (TPSA) is 15.6 Å². The summed E-state index contributed by atoms with van der Waals surface area (Å²) >= 11 is 0. The molecule has 1 aromatic carbocycles. The quantitative estimate of drug-likeness (QED) is 0.673. The minimum Gasteiger partial charge on any atom is -0.378 e. The molecule has 0 aromatic heterocycles. The Morgan fingerprint density at radius 1 is 1.40 bits per heavy atom. The summed E-state index contributed by atoms with van der Waals surface area (Å²) in [4.78, 5) is 6.37. The first kappa shape index (κ1) is 10.2. The van der Waals surface area contributed by atoms with E-state index in [1.807, 2.05) is 0 Å². The van der Waals surface area contributed by atoms with E-state index in [0.717, 1.165) is 6.42 Å². The van der Waals surface area contributed by atoms with Crippen molar-refractivity contribution in [2.45, 2.75) is 19.4 Å². The Bertz CT molecular complexity index is 382. The summed E-state index contributed by atoms with van der Waals surface area (Å²) in [7, 11) is 4.13. The van der Waals surface area contributed by atoms with Gasteiger partial charge >= 0.3 is 0 Å². The number of benzene rings is 1. The second-order valence-electron chi connectivity index (χ2n) is 4.59. The van der Waals surface area contributed by atoms with E-state index in [1.165, 1.54) is 16.8 Å². The van der Waals surface area contributed by atoms with E-state index in [1.54, 1.807) is 0 Å². The zero-order chi connectivity index (χ0) is 11.0. The molecule has 0 saturated carbocycles. The van der Waals surface area contributed by atoms with E-state index in [4.69, 9.17) is 0 Å². The predicted octanol–water partition coefficient (Wildman–Crippen LogP) is 2.69. The zero-order valence-corrected chi connectivity index (χ0v) is 9.70. The van der Waals surface area contributed by atoms with Crippen LogP contribution < -0.4 is 4.90 Å². The lowest BCUT2D eigenvalue weighted by atomic mass is 10.0. The van der Waals surface area contributed by atoms with Gasteiger partial charge in [0, 0.05) is 19.8 Å². The first-order chi connectivity index (χ1) is 7.13. The number of nitrogens with zero attached hydrogens (tertiary/aromatic N) is 2. The number of rotatable bonds is 2. The molecule has 2 rings (SSSR count). The molecule has 0 aliphatic heterocycles. The maximum atomic E-state index is 4.24. The third kappa shape index (κ3) is 1.65. The molecule has 0 spiro atoms. The van der Waals surface area contributed by atoms with Crippen LogP contribution >= 0.6 is 0 Å². The molecule has 0 N–H and O–H groups in total. The van der Waals surface area contributed by atoms with Gasteiger partial charge in [-0.25, -0.2) is 0 Å². The molecule has 15 heavy (non-hydrogen) atoms. The lowest BCUT2D eigenvalue weighted by molar-refractivity contribution is 0.518. The molecule has 1 aliphatic carbocycles. The summed E-state index contributed by atoms with van der Waals surface area (Å²) in [5.74, 6) is 0.593. The maximum absolute atomic E-state index is 4.24.